The molecule has 0 fully saturated rings. The quantitative estimate of drug-likeness (QED) is 0.231. The van der Waals surface area contributed by atoms with Gasteiger partial charge in [0.15, 0.2) is 0 Å². The second kappa shape index (κ2) is 11.4. The van der Waals surface area contributed by atoms with E-state index >= 15 is 0 Å². The molecule has 8 nitrogen and oxygen atoms in total. The SMILES string of the molecule is O=C(O)C(Cc1ccc(-c2cccc(CNc3ccccn3)c2)cc1)NS(=O)(=O)c1ccc(O)cc1Cl. The summed E-state index contributed by atoms with van der Waals surface area (Å²) in [6, 6.07) is 22.9. The fourth-order valence-corrected chi connectivity index (χ4v) is 5.46. The number of pyridine rings is 1. The first-order valence-corrected chi connectivity index (χ1v) is 13.1. The van der Waals surface area contributed by atoms with Crippen LogP contribution in [0.25, 0.3) is 11.1 Å². The number of hydrogen-bond donors (Lipinski definition) is 4. The molecule has 1 unspecified atom stereocenters. The van der Waals surface area contributed by atoms with E-state index in [1.54, 1.807) is 18.3 Å². The highest BCUT2D eigenvalue weighted by Gasteiger charge is 2.27. The first kappa shape index (κ1) is 26.2. The number of sulfonamides is 1. The number of hydrogen-bond acceptors (Lipinski definition) is 6. The first-order chi connectivity index (χ1) is 17.7. The number of benzene rings is 3. The lowest BCUT2D eigenvalue weighted by atomic mass is 9.99. The number of rotatable bonds is 10. The largest absolute Gasteiger partial charge is 0.508 e. The van der Waals surface area contributed by atoms with Crippen LogP contribution < -0.4 is 10.0 Å². The fraction of sp³-hybridized carbons (Fsp3) is 0.111. The molecule has 0 radical (unpaired) electrons. The lowest BCUT2D eigenvalue weighted by molar-refractivity contribution is -0.138. The number of nitrogens with zero attached hydrogens (tertiary/aromatic N) is 1. The standard InChI is InChI=1S/C27H24ClN3O5S/c28-23-16-22(32)11-12-25(23)37(35,36)31-24(27(33)34)15-18-7-9-20(10-8-18)21-5-3-4-19(14-21)17-30-26-6-1-2-13-29-26/h1-14,16,24,31-32H,15,17H2,(H,29,30)(H,33,34). The molecule has 0 aliphatic carbocycles. The average Bonchev–Trinajstić information content (AvgIpc) is 2.88. The van der Waals surface area contributed by atoms with Crippen LogP contribution >= 0.6 is 11.6 Å². The minimum absolute atomic E-state index is 0.0709. The molecule has 0 amide bonds. The van der Waals surface area contributed by atoms with E-state index in [0.717, 1.165) is 34.6 Å². The predicted molar refractivity (Wildman–Crippen MR) is 142 cm³/mol. The maximum Gasteiger partial charge on any atom is 0.322 e. The minimum Gasteiger partial charge on any atom is -0.508 e. The Morgan fingerprint density at radius 3 is 2.38 bits per heavy atom. The number of anilines is 1. The Bertz CT molecular complexity index is 1500. The molecule has 0 saturated carbocycles. The number of carboxylic acid groups (broad SMARTS) is 1. The molecule has 0 aliphatic heterocycles. The summed E-state index contributed by atoms with van der Waals surface area (Å²) in [7, 11) is -4.24. The highest BCUT2D eigenvalue weighted by atomic mass is 35.5. The van der Waals surface area contributed by atoms with Crippen molar-refractivity contribution < 1.29 is 23.4 Å². The highest BCUT2D eigenvalue weighted by molar-refractivity contribution is 7.89. The van der Waals surface area contributed by atoms with Gasteiger partial charge in [-0.05, 0) is 65.1 Å². The monoisotopic (exact) mass is 537 g/mol. The summed E-state index contributed by atoms with van der Waals surface area (Å²) in [5.41, 5.74) is 3.64. The molecule has 3 aromatic carbocycles. The maximum absolute atomic E-state index is 12.7. The van der Waals surface area contributed by atoms with Crippen molar-refractivity contribution in [2.24, 2.45) is 0 Å². The van der Waals surface area contributed by atoms with Crippen LogP contribution in [0.4, 0.5) is 5.82 Å². The molecule has 4 aromatic rings. The molecule has 190 valence electrons. The van der Waals surface area contributed by atoms with Crippen LogP contribution in [-0.2, 0) is 27.8 Å². The third-order valence-electron chi connectivity index (χ3n) is 5.59. The van der Waals surface area contributed by atoms with Crippen LogP contribution in [0.1, 0.15) is 11.1 Å². The number of carbonyl (C=O) groups is 1. The van der Waals surface area contributed by atoms with Gasteiger partial charge in [0, 0.05) is 12.7 Å². The molecule has 37 heavy (non-hydrogen) atoms. The topological polar surface area (TPSA) is 129 Å². The van der Waals surface area contributed by atoms with E-state index < -0.39 is 22.0 Å². The Hall–Kier alpha value is -3.92. The molecule has 0 aliphatic rings. The molecule has 1 atom stereocenters. The highest BCUT2D eigenvalue weighted by Crippen LogP contribution is 2.26. The van der Waals surface area contributed by atoms with Crippen molar-refractivity contribution in [2.45, 2.75) is 23.9 Å². The Labute approximate surface area is 219 Å². The number of phenols is 1. The van der Waals surface area contributed by atoms with Crippen LogP contribution in [0, 0.1) is 0 Å². The van der Waals surface area contributed by atoms with Crippen LogP contribution in [0.5, 0.6) is 5.75 Å². The zero-order chi connectivity index (χ0) is 26.4. The average molecular weight is 538 g/mol. The third kappa shape index (κ3) is 6.85. The molecule has 4 rings (SSSR count). The summed E-state index contributed by atoms with van der Waals surface area (Å²) < 4.78 is 27.7. The lowest BCUT2D eigenvalue weighted by Gasteiger charge is -2.16. The van der Waals surface area contributed by atoms with Gasteiger partial charge in [-0.2, -0.15) is 4.72 Å². The molecule has 0 spiro atoms. The number of phenolic OH excluding ortho intramolecular Hbond substituents is 1. The molecule has 0 saturated heterocycles. The van der Waals surface area contributed by atoms with E-state index in [-0.39, 0.29) is 22.1 Å². The predicted octanol–water partition coefficient (Wildman–Crippen LogP) is 4.69. The number of carboxylic acids is 1. The van der Waals surface area contributed by atoms with Gasteiger partial charge in [0.25, 0.3) is 0 Å². The molecular formula is C27H24ClN3O5S. The van der Waals surface area contributed by atoms with Crippen molar-refractivity contribution in [1.29, 1.82) is 0 Å². The number of nitrogens with one attached hydrogen (secondary N) is 2. The Balaban J connectivity index is 1.45. The van der Waals surface area contributed by atoms with Gasteiger partial charge in [0.1, 0.15) is 22.5 Å². The maximum atomic E-state index is 12.7. The summed E-state index contributed by atoms with van der Waals surface area (Å²) in [5.74, 6) is -0.738. The van der Waals surface area contributed by atoms with E-state index in [0.29, 0.717) is 12.1 Å². The Morgan fingerprint density at radius 1 is 0.919 bits per heavy atom. The number of halogens is 1. The summed E-state index contributed by atoms with van der Waals surface area (Å²) in [6.07, 6.45) is 1.65. The molecule has 0 bridgehead atoms. The van der Waals surface area contributed by atoms with Crippen molar-refractivity contribution in [3.8, 4) is 16.9 Å². The Kier molecular flexibility index (Phi) is 8.08. The third-order valence-corrected chi connectivity index (χ3v) is 7.55. The van der Waals surface area contributed by atoms with E-state index in [1.165, 1.54) is 6.07 Å². The lowest BCUT2D eigenvalue weighted by Crippen LogP contribution is -2.42. The van der Waals surface area contributed by atoms with E-state index in [1.807, 2.05) is 48.5 Å². The van der Waals surface area contributed by atoms with Crippen molar-refractivity contribution in [1.82, 2.24) is 9.71 Å². The summed E-state index contributed by atoms with van der Waals surface area (Å²) in [6.45, 7) is 0.606. The van der Waals surface area contributed by atoms with Crippen LogP contribution in [0.15, 0.2) is 96.0 Å². The van der Waals surface area contributed by atoms with E-state index in [4.69, 9.17) is 11.6 Å². The van der Waals surface area contributed by atoms with Gasteiger partial charge in [-0.15, -0.1) is 0 Å². The van der Waals surface area contributed by atoms with Crippen molar-refractivity contribution in [3.63, 3.8) is 0 Å². The zero-order valence-corrected chi connectivity index (χ0v) is 21.1. The fourth-order valence-electron chi connectivity index (χ4n) is 3.73. The second-order valence-corrected chi connectivity index (χ2v) is 10.4. The first-order valence-electron chi connectivity index (χ1n) is 11.3. The van der Waals surface area contributed by atoms with Gasteiger partial charge in [-0.3, -0.25) is 4.79 Å². The van der Waals surface area contributed by atoms with Crippen molar-refractivity contribution in [2.75, 3.05) is 5.32 Å². The zero-order valence-electron chi connectivity index (χ0n) is 19.5. The van der Waals surface area contributed by atoms with Gasteiger partial charge in [0.05, 0.1) is 5.02 Å². The molecule has 10 heteroatoms. The molecule has 4 N–H and O–H groups in total. The normalized spacial score (nSPS) is 12.1. The molecular weight excluding hydrogens is 514 g/mol. The van der Waals surface area contributed by atoms with Gasteiger partial charge in [0.2, 0.25) is 10.0 Å². The van der Waals surface area contributed by atoms with E-state index in [9.17, 15) is 23.4 Å². The van der Waals surface area contributed by atoms with Crippen molar-refractivity contribution in [3.05, 3.63) is 107 Å². The van der Waals surface area contributed by atoms with Crippen molar-refractivity contribution >= 4 is 33.4 Å². The minimum atomic E-state index is -4.24. The summed E-state index contributed by atoms with van der Waals surface area (Å²) >= 11 is 5.94. The van der Waals surface area contributed by atoms with Gasteiger partial charge in [-0.25, -0.2) is 13.4 Å². The summed E-state index contributed by atoms with van der Waals surface area (Å²) in [5, 5.41) is 22.2. The van der Waals surface area contributed by atoms with Crippen LogP contribution in [-0.4, -0.2) is 35.6 Å². The van der Waals surface area contributed by atoms with E-state index in [2.05, 4.69) is 21.1 Å². The van der Waals surface area contributed by atoms with Gasteiger partial charge >= 0.3 is 5.97 Å². The van der Waals surface area contributed by atoms with Gasteiger partial charge in [-0.1, -0.05) is 60.1 Å². The smallest absolute Gasteiger partial charge is 0.322 e. The second-order valence-electron chi connectivity index (χ2n) is 8.30. The van der Waals surface area contributed by atoms with Gasteiger partial charge < -0.3 is 15.5 Å². The summed E-state index contributed by atoms with van der Waals surface area (Å²) in [4.78, 5) is 15.8. The molecule has 1 aromatic heterocycles. The Morgan fingerprint density at radius 2 is 1.70 bits per heavy atom. The van der Waals surface area contributed by atoms with Crippen LogP contribution in [0.2, 0.25) is 5.02 Å². The molecule has 1 heterocycles. The number of aliphatic carboxylic acids is 1. The van der Waals surface area contributed by atoms with Crippen LogP contribution in [0.3, 0.4) is 0 Å². The number of aromatic hydroxyl groups is 1. The number of aromatic nitrogens is 1.